The van der Waals surface area contributed by atoms with Crippen LogP contribution in [0.1, 0.15) is 18.9 Å². The predicted octanol–water partition coefficient (Wildman–Crippen LogP) is 2.08. The van der Waals surface area contributed by atoms with Gasteiger partial charge in [0.05, 0.1) is 27.5 Å². The number of nitrogens with zero attached hydrogens (tertiary/aromatic N) is 3. The Labute approximate surface area is 117 Å². The monoisotopic (exact) mass is 347 g/mol. The number of hydrogen-bond acceptors (Lipinski definition) is 4. The van der Waals surface area contributed by atoms with E-state index < -0.39 is 9.84 Å². The Morgan fingerprint density at radius 3 is 2.68 bits per heavy atom. The summed E-state index contributed by atoms with van der Waals surface area (Å²) in [4.78, 5) is 0. The second kappa shape index (κ2) is 4.52. The fourth-order valence-electron chi connectivity index (χ4n) is 2.33. The number of benzene rings is 1. The van der Waals surface area contributed by atoms with E-state index in [1.165, 1.54) is 6.07 Å². The molecule has 0 unspecified atom stereocenters. The molecule has 0 amide bonds. The first-order valence-electron chi connectivity index (χ1n) is 5.87. The summed E-state index contributed by atoms with van der Waals surface area (Å²) >= 11 is 3.14. The van der Waals surface area contributed by atoms with E-state index in [0.717, 1.165) is 5.52 Å². The van der Waals surface area contributed by atoms with Crippen LogP contribution in [-0.4, -0.2) is 34.9 Å². The molecule has 3 rings (SSSR count). The van der Waals surface area contributed by atoms with Crippen molar-refractivity contribution < 1.29 is 12.8 Å². The molecule has 102 valence electrons. The first kappa shape index (κ1) is 13.0. The summed E-state index contributed by atoms with van der Waals surface area (Å²) in [6.07, 6.45) is 1.05. The Morgan fingerprint density at radius 1 is 1.32 bits per heavy atom. The molecular weight excluding hydrogens is 337 g/mol. The largest absolute Gasteiger partial charge is 0.241 e. The van der Waals surface area contributed by atoms with Gasteiger partial charge in [0.1, 0.15) is 21.2 Å². The Hall–Kier alpha value is -1.02. The summed E-state index contributed by atoms with van der Waals surface area (Å²) in [5, 5.41) is 7.97. The summed E-state index contributed by atoms with van der Waals surface area (Å²) in [7, 11) is -2.91. The molecule has 1 fully saturated rings. The highest BCUT2D eigenvalue weighted by atomic mass is 79.9. The summed E-state index contributed by atoms with van der Waals surface area (Å²) in [6.45, 7) is 0. The zero-order valence-corrected chi connectivity index (χ0v) is 12.3. The van der Waals surface area contributed by atoms with E-state index in [1.807, 2.05) is 0 Å². The van der Waals surface area contributed by atoms with Gasteiger partial charge in [0.2, 0.25) is 0 Å². The van der Waals surface area contributed by atoms with Crippen LogP contribution in [0.3, 0.4) is 0 Å². The van der Waals surface area contributed by atoms with Crippen LogP contribution in [0.4, 0.5) is 4.39 Å². The van der Waals surface area contributed by atoms with Crippen molar-refractivity contribution >= 4 is 36.8 Å². The lowest BCUT2D eigenvalue weighted by molar-refractivity contribution is 0.415. The molecule has 0 aliphatic carbocycles. The molecule has 0 radical (unpaired) electrons. The van der Waals surface area contributed by atoms with Crippen molar-refractivity contribution in [1.82, 2.24) is 15.0 Å². The number of rotatable bonds is 1. The van der Waals surface area contributed by atoms with Crippen molar-refractivity contribution in [3.8, 4) is 0 Å². The van der Waals surface area contributed by atoms with E-state index in [0.29, 0.717) is 22.8 Å². The average molecular weight is 348 g/mol. The first-order chi connectivity index (χ1) is 8.96. The smallest absolute Gasteiger partial charge is 0.150 e. The van der Waals surface area contributed by atoms with Crippen LogP contribution in [0.25, 0.3) is 11.0 Å². The van der Waals surface area contributed by atoms with Gasteiger partial charge in [-0.1, -0.05) is 5.21 Å². The van der Waals surface area contributed by atoms with Crippen LogP contribution in [0, 0.1) is 5.82 Å². The van der Waals surface area contributed by atoms with Crippen molar-refractivity contribution in [2.45, 2.75) is 18.9 Å². The topological polar surface area (TPSA) is 64.8 Å². The summed E-state index contributed by atoms with van der Waals surface area (Å²) in [6, 6.07) is 2.96. The molecular formula is C11H11BrFN3O2S. The Kier molecular flexibility index (Phi) is 3.09. The zero-order chi connectivity index (χ0) is 13.6. The van der Waals surface area contributed by atoms with Crippen LogP contribution in [0.5, 0.6) is 0 Å². The molecule has 1 aromatic heterocycles. The maximum absolute atomic E-state index is 13.4. The molecule has 1 aliphatic heterocycles. The van der Waals surface area contributed by atoms with Crippen LogP contribution in [0.15, 0.2) is 16.6 Å². The van der Waals surface area contributed by atoms with E-state index in [9.17, 15) is 12.8 Å². The molecule has 5 nitrogen and oxygen atoms in total. The summed E-state index contributed by atoms with van der Waals surface area (Å²) in [5.41, 5.74) is 1.20. The van der Waals surface area contributed by atoms with Gasteiger partial charge in [0.15, 0.2) is 0 Å². The fraction of sp³-hybridized carbons (Fsp3) is 0.455. The Balaban J connectivity index is 2.00. The molecule has 8 heteroatoms. The number of halogens is 2. The number of fused-ring (bicyclic) bond motifs is 1. The zero-order valence-electron chi connectivity index (χ0n) is 9.88. The van der Waals surface area contributed by atoms with Gasteiger partial charge >= 0.3 is 0 Å². The number of hydrogen-bond donors (Lipinski definition) is 0. The van der Waals surface area contributed by atoms with Gasteiger partial charge < -0.3 is 0 Å². The number of sulfone groups is 1. The lowest BCUT2D eigenvalue weighted by atomic mass is 10.1. The van der Waals surface area contributed by atoms with Gasteiger partial charge in [-0.15, -0.1) is 5.10 Å². The van der Waals surface area contributed by atoms with E-state index in [4.69, 9.17) is 0 Å². The molecule has 0 atom stereocenters. The highest BCUT2D eigenvalue weighted by Gasteiger charge is 2.26. The van der Waals surface area contributed by atoms with Crippen molar-refractivity contribution in [2.24, 2.45) is 0 Å². The molecule has 1 aliphatic rings. The molecule has 1 aromatic carbocycles. The van der Waals surface area contributed by atoms with Crippen LogP contribution < -0.4 is 0 Å². The minimum Gasteiger partial charge on any atom is -0.241 e. The lowest BCUT2D eigenvalue weighted by Gasteiger charge is -2.22. The highest BCUT2D eigenvalue weighted by molar-refractivity contribution is 9.10. The van der Waals surface area contributed by atoms with E-state index >= 15 is 0 Å². The third kappa shape index (κ3) is 2.38. The van der Waals surface area contributed by atoms with Gasteiger partial charge in [-0.3, -0.25) is 0 Å². The second-order valence-corrected chi connectivity index (χ2v) is 7.83. The quantitative estimate of drug-likeness (QED) is 0.792. The van der Waals surface area contributed by atoms with Crippen molar-refractivity contribution in [3.63, 3.8) is 0 Å². The molecule has 2 aromatic rings. The van der Waals surface area contributed by atoms with Crippen molar-refractivity contribution in [1.29, 1.82) is 0 Å². The van der Waals surface area contributed by atoms with Gasteiger partial charge in [0, 0.05) is 6.07 Å². The maximum Gasteiger partial charge on any atom is 0.150 e. The molecule has 0 saturated carbocycles. The van der Waals surface area contributed by atoms with Gasteiger partial charge in [-0.05, 0) is 34.8 Å². The third-order valence-electron chi connectivity index (χ3n) is 3.38. The van der Waals surface area contributed by atoms with Gasteiger partial charge in [-0.2, -0.15) is 0 Å². The SMILES string of the molecule is O=S1(=O)CCC(n2nnc3cc(F)c(Br)cc32)CC1. The minimum absolute atomic E-state index is 0.00545. The standard InChI is InChI=1S/C11H11BrFN3O2S/c12-8-5-11-10(6-9(8)13)14-15-16(11)7-1-3-19(17,18)4-2-7/h5-7H,1-4H2. The fourth-order valence-corrected chi connectivity index (χ4v) is 4.12. The van der Waals surface area contributed by atoms with Crippen LogP contribution >= 0.6 is 15.9 Å². The third-order valence-corrected chi connectivity index (χ3v) is 5.71. The Bertz CT molecular complexity index is 730. The predicted molar refractivity (Wildman–Crippen MR) is 72.1 cm³/mol. The lowest BCUT2D eigenvalue weighted by Crippen LogP contribution is -2.26. The van der Waals surface area contributed by atoms with E-state index in [1.54, 1.807) is 10.7 Å². The first-order valence-corrected chi connectivity index (χ1v) is 8.48. The minimum atomic E-state index is -2.91. The molecule has 19 heavy (non-hydrogen) atoms. The van der Waals surface area contributed by atoms with Gasteiger partial charge in [0.25, 0.3) is 0 Å². The van der Waals surface area contributed by atoms with Crippen LogP contribution in [0.2, 0.25) is 0 Å². The van der Waals surface area contributed by atoms with E-state index in [2.05, 4.69) is 26.2 Å². The Morgan fingerprint density at radius 2 is 2.00 bits per heavy atom. The normalized spacial score (nSPS) is 19.9. The average Bonchev–Trinajstić information content (AvgIpc) is 2.73. The van der Waals surface area contributed by atoms with Crippen LogP contribution in [-0.2, 0) is 9.84 Å². The van der Waals surface area contributed by atoms with Crippen molar-refractivity contribution in [2.75, 3.05) is 11.5 Å². The molecule has 1 saturated heterocycles. The summed E-state index contributed by atoms with van der Waals surface area (Å²) < 4.78 is 38.3. The summed E-state index contributed by atoms with van der Waals surface area (Å²) in [5.74, 6) is -0.0475. The highest BCUT2D eigenvalue weighted by Crippen LogP contribution is 2.28. The van der Waals surface area contributed by atoms with Crippen molar-refractivity contribution in [3.05, 3.63) is 22.4 Å². The molecule has 0 bridgehead atoms. The van der Waals surface area contributed by atoms with Gasteiger partial charge in [-0.25, -0.2) is 17.5 Å². The molecule has 2 heterocycles. The number of aromatic nitrogens is 3. The van der Waals surface area contributed by atoms with E-state index in [-0.39, 0.29) is 23.4 Å². The maximum atomic E-state index is 13.4. The second-order valence-electron chi connectivity index (χ2n) is 4.67. The molecule has 0 spiro atoms. The molecule has 0 N–H and O–H groups in total.